The van der Waals surface area contributed by atoms with Crippen LogP contribution in [0.15, 0.2) is 24.4 Å². The van der Waals surface area contributed by atoms with Crippen LogP contribution in [0, 0.1) is 5.82 Å². The van der Waals surface area contributed by atoms with E-state index >= 15 is 0 Å². The first-order valence-electron chi connectivity index (χ1n) is 5.04. The lowest BCUT2D eigenvalue weighted by molar-refractivity contribution is 0.577. The Balaban J connectivity index is 2.19. The molecule has 90 valence electrons. The van der Waals surface area contributed by atoms with Crippen LogP contribution in [-0.4, -0.2) is 15.0 Å². The van der Waals surface area contributed by atoms with E-state index in [0.717, 1.165) is 0 Å². The van der Waals surface area contributed by atoms with Gasteiger partial charge in [-0.15, -0.1) is 16.7 Å². The maximum absolute atomic E-state index is 13.5. The number of hydrogen-bond acceptors (Lipinski definition) is 2. The van der Waals surface area contributed by atoms with E-state index in [-0.39, 0.29) is 11.2 Å². The molecular formula is C11H10Cl2FN3. The van der Waals surface area contributed by atoms with Crippen molar-refractivity contribution >= 4 is 23.2 Å². The fourth-order valence-electron chi connectivity index (χ4n) is 1.40. The average molecular weight is 274 g/mol. The summed E-state index contributed by atoms with van der Waals surface area (Å²) in [6.45, 7) is 2.11. The second-order valence-corrected chi connectivity index (χ2v) is 4.78. The van der Waals surface area contributed by atoms with Gasteiger partial charge in [-0.05, 0) is 19.1 Å². The largest absolute Gasteiger partial charge is 0.248 e. The highest BCUT2D eigenvalue weighted by molar-refractivity contribution is 6.30. The summed E-state index contributed by atoms with van der Waals surface area (Å²) in [6.07, 6.45) is 1.70. The molecule has 3 nitrogen and oxygen atoms in total. The molecule has 0 aliphatic rings. The maximum atomic E-state index is 13.5. The van der Waals surface area contributed by atoms with E-state index in [1.165, 1.54) is 6.07 Å². The minimum Gasteiger partial charge on any atom is -0.248 e. The fraction of sp³-hybridized carbons (Fsp3) is 0.273. The van der Waals surface area contributed by atoms with Crippen LogP contribution in [0.1, 0.15) is 23.6 Å². The van der Waals surface area contributed by atoms with Crippen LogP contribution in [0.25, 0.3) is 0 Å². The molecule has 0 saturated heterocycles. The third kappa shape index (κ3) is 2.96. The predicted molar refractivity (Wildman–Crippen MR) is 64.8 cm³/mol. The topological polar surface area (TPSA) is 30.7 Å². The Labute approximate surface area is 108 Å². The van der Waals surface area contributed by atoms with Gasteiger partial charge in [-0.1, -0.05) is 22.9 Å². The van der Waals surface area contributed by atoms with Crippen molar-refractivity contribution in [3.8, 4) is 0 Å². The number of nitrogens with zero attached hydrogens (tertiary/aromatic N) is 3. The Morgan fingerprint density at radius 1 is 1.47 bits per heavy atom. The molecule has 2 aromatic rings. The summed E-state index contributed by atoms with van der Waals surface area (Å²) in [7, 11) is 0. The van der Waals surface area contributed by atoms with Gasteiger partial charge in [0.15, 0.2) is 0 Å². The molecule has 1 unspecified atom stereocenters. The minimum absolute atomic E-state index is 0.209. The Kier molecular flexibility index (Phi) is 3.64. The third-order valence-electron chi connectivity index (χ3n) is 2.31. The van der Waals surface area contributed by atoms with Crippen molar-refractivity contribution in [3.63, 3.8) is 0 Å². The lowest BCUT2D eigenvalue weighted by Gasteiger charge is -2.03. The van der Waals surface area contributed by atoms with Crippen molar-refractivity contribution in [2.75, 3.05) is 0 Å². The Bertz CT molecular complexity index is 525. The van der Waals surface area contributed by atoms with Crippen molar-refractivity contribution in [2.45, 2.75) is 18.8 Å². The Morgan fingerprint density at radius 2 is 2.24 bits per heavy atom. The normalized spacial score (nSPS) is 12.7. The number of alkyl halides is 1. The maximum Gasteiger partial charge on any atom is 0.129 e. The molecule has 0 bridgehead atoms. The summed E-state index contributed by atoms with van der Waals surface area (Å²) in [6, 6.07) is 4.55. The molecule has 17 heavy (non-hydrogen) atoms. The Morgan fingerprint density at radius 3 is 2.82 bits per heavy atom. The highest BCUT2D eigenvalue weighted by atomic mass is 35.5. The number of aromatic nitrogens is 3. The lowest BCUT2D eigenvalue weighted by atomic mass is 10.2. The monoisotopic (exact) mass is 273 g/mol. The molecule has 1 aromatic heterocycles. The molecule has 6 heteroatoms. The molecule has 1 heterocycles. The molecule has 0 spiro atoms. The van der Waals surface area contributed by atoms with E-state index in [0.29, 0.717) is 22.8 Å². The second kappa shape index (κ2) is 5.02. The third-order valence-corrected chi connectivity index (χ3v) is 2.77. The minimum atomic E-state index is -0.353. The zero-order chi connectivity index (χ0) is 12.4. The van der Waals surface area contributed by atoms with E-state index in [9.17, 15) is 4.39 Å². The number of benzene rings is 1. The molecular weight excluding hydrogens is 264 g/mol. The predicted octanol–water partition coefficient (Wildman–Crippen LogP) is 3.42. The van der Waals surface area contributed by atoms with Crippen LogP contribution in [0.3, 0.4) is 0 Å². The lowest BCUT2D eigenvalue weighted by Crippen LogP contribution is -2.02. The van der Waals surface area contributed by atoms with Crippen molar-refractivity contribution < 1.29 is 4.39 Å². The summed E-state index contributed by atoms with van der Waals surface area (Å²) in [4.78, 5) is 0. The fourth-order valence-corrected chi connectivity index (χ4v) is 1.66. The molecule has 2 rings (SSSR count). The first kappa shape index (κ1) is 12.3. The van der Waals surface area contributed by atoms with Crippen LogP contribution in [0.2, 0.25) is 5.02 Å². The first-order valence-corrected chi connectivity index (χ1v) is 5.85. The van der Waals surface area contributed by atoms with Crippen molar-refractivity contribution in [3.05, 3.63) is 46.5 Å². The van der Waals surface area contributed by atoms with E-state index < -0.39 is 0 Å². The standard InChI is InChI=1S/C11H10Cl2FN3/c1-7(12)11-6-17(16-15-11)5-8-2-3-9(13)4-10(8)14/h2-4,6-7H,5H2,1H3. The highest BCUT2D eigenvalue weighted by Crippen LogP contribution is 2.18. The van der Waals surface area contributed by atoms with E-state index in [1.807, 2.05) is 0 Å². The van der Waals surface area contributed by atoms with Gasteiger partial charge in [0.25, 0.3) is 0 Å². The number of halogens is 3. The van der Waals surface area contributed by atoms with Crippen LogP contribution >= 0.6 is 23.2 Å². The van der Waals surface area contributed by atoms with Gasteiger partial charge in [0, 0.05) is 10.6 Å². The van der Waals surface area contributed by atoms with Gasteiger partial charge in [-0.2, -0.15) is 0 Å². The van der Waals surface area contributed by atoms with Crippen molar-refractivity contribution in [2.24, 2.45) is 0 Å². The molecule has 1 atom stereocenters. The van der Waals surface area contributed by atoms with Crippen molar-refractivity contribution in [1.82, 2.24) is 15.0 Å². The zero-order valence-corrected chi connectivity index (χ0v) is 10.6. The van der Waals surface area contributed by atoms with Crippen LogP contribution < -0.4 is 0 Å². The molecule has 0 aliphatic carbocycles. The van der Waals surface area contributed by atoms with Gasteiger partial charge < -0.3 is 0 Å². The van der Waals surface area contributed by atoms with Gasteiger partial charge in [0.05, 0.1) is 18.1 Å². The summed E-state index contributed by atoms with van der Waals surface area (Å²) < 4.78 is 15.1. The molecule has 0 saturated carbocycles. The smallest absolute Gasteiger partial charge is 0.129 e. The summed E-state index contributed by atoms with van der Waals surface area (Å²) in [5.41, 5.74) is 1.18. The molecule has 0 amide bonds. The molecule has 1 aromatic carbocycles. The first-order chi connectivity index (χ1) is 8.06. The van der Waals surface area contributed by atoms with Crippen LogP contribution in [0.5, 0.6) is 0 Å². The summed E-state index contributed by atoms with van der Waals surface area (Å²) >= 11 is 11.5. The van der Waals surface area contributed by atoms with Gasteiger partial charge in [-0.3, -0.25) is 0 Å². The van der Waals surface area contributed by atoms with E-state index in [2.05, 4.69) is 10.3 Å². The SMILES string of the molecule is CC(Cl)c1cn(Cc2ccc(Cl)cc2F)nn1. The molecule has 0 N–H and O–H groups in total. The quantitative estimate of drug-likeness (QED) is 0.803. The second-order valence-electron chi connectivity index (χ2n) is 3.69. The zero-order valence-electron chi connectivity index (χ0n) is 9.07. The van der Waals surface area contributed by atoms with Gasteiger partial charge >= 0.3 is 0 Å². The van der Waals surface area contributed by atoms with E-state index in [4.69, 9.17) is 23.2 Å². The van der Waals surface area contributed by atoms with E-state index in [1.54, 1.807) is 29.9 Å². The van der Waals surface area contributed by atoms with Gasteiger partial charge in [0.2, 0.25) is 0 Å². The van der Waals surface area contributed by atoms with Gasteiger partial charge in [-0.25, -0.2) is 9.07 Å². The van der Waals surface area contributed by atoms with Gasteiger partial charge in [0.1, 0.15) is 11.5 Å². The average Bonchev–Trinajstić information content (AvgIpc) is 2.71. The Hall–Kier alpha value is -1.13. The number of hydrogen-bond donors (Lipinski definition) is 0. The van der Waals surface area contributed by atoms with Crippen molar-refractivity contribution in [1.29, 1.82) is 0 Å². The molecule has 0 aliphatic heterocycles. The summed E-state index contributed by atoms with van der Waals surface area (Å²) in [5.74, 6) is -0.353. The van der Waals surface area contributed by atoms with Crippen LogP contribution in [0.4, 0.5) is 4.39 Å². The number of rotatable bonds is 3. The summed E-state index contributed by atoms with van der Waals surface area (Å²) in [5, 5.41) is 7.94. The molecule has 0 fully saturated rings. The molecule has 0 radical (unpaired) electrons. The van der Waals surface area contributed by atoms with Crippen LogP contribution in [-0.2, 0) is 6.54 Å². The highest BCUT2D eigenvalue weighted by Gasteiger charge is 2.09.